The van der Waals surface area contributed by atoms with Crippen molar-refractivity contribution in [2.24, 2.45) is 5.92 Å². The first-order valence-corrected chi connectivity index (χ1v) is 11.7. The first-order chi connectivity index (χ1) is 8.77. The fourth-order valence-electron chi connectivity index (χ4n) is 2.66. The van der Waals surface area contributed by atoms with E-state index in [0.29, 0.717) is 5.92 Å². The molecule has 0 heterocycles. The van der Waals surface area contributed by atoms with Gasteiger partial charge in [0.1, 0.15) is 6.29 Å². The van der Waals surface area contributed by atoms with Crippen LogP contribution in [-0.4, -0.2) is 25.8 Å². The molecule has 0 aromatic heterocycles. The molecule has 1 aliphatic carbocycles. The molecule has 0 amide bonds. The summed E-state index contributed by atoms with van der Waals surface area (Å²) in [5.41, 5.74) is 1.65. The third-order valence-electron chi connectivity index (χ3n) is 3.60. The summed E-state index contributed by atoms with van der Waals surface area (Å²) in [6, 6.07) is 0. The Morgan fingerprint density at radius 1 is 1.11 bits per heavy atom. The highest BCUT2D eigenvalue weighted by atomic mass is 28.2. The molecular weight excluding hydrogens is 256 g/mol. The van der Waals surface area contributed by atoms with Crippen LogP contribution < -0.4 is 0 Å². The predicted octanol–water partition coefficient (Wildman–Crippen LogP) is 2.92. The normalized spacial score (nSPS) is 22.1. The standard InChI is InChI=1S/C14H30O2Si2/c1-12(14(15-17-2)16-18-3)11-13-9-7-5-4-6-8-10-13/h9,12,14H,4-8,10-11,17-18H2,1-3H3. The van der Waals surface area contributed by atoms with Crippen molar-refractivity contribution in [2.75, 3.05) is 0 Å². The molecule has 0 radical (unpaired) electrons. The zero-order valence-electron chi connectivity index (χ0n) is 12.4. The lowest BCUT2D eigenvalue weighted by Crippen LogP contribution is -2.27. The Morgan fingerprint density at radius 2 is 1.78 bits per heavy atom. The maximum absolute atomic E-state index is 5.87. The van der Waals surface area contributed by atoms with Gasteiger partial charge < -0.3 is 8.85 Å². The van der Waals surface area contributed by atoms with Crippen LogP contribution in [0.3, 0.4) is 0 Å². The summed E-state index contributed by atoms with van der Waals surface area (Å²) in [7, 11) is -0.738. The number of allylic oxidation sites excluding steroid dienone is 2. The Hall–Kier alpha value is 0.0938. The van der Waals surface area contributed by atoms with Gasteiger partial charge in [0.15, 0.2) is 19.5 Å². The minimum atomic E-state index is -0.369. The largest absolute Gasteiger partial charge is 0.400 e. The van der Waals surface area contributed by atoms with Crippen molar-refractivity contribution in [1.82, 2.24) is 0 Å². The number of hydrogen-bond acceptors (Lipinski definition) is 2. The van der Waals surface area contributed by atoms with Crippen LogP contribution in [0.2, 0.25) is 13.1 Å². The summed E-state index contributed by atoms with van der Waals surface area (Å²) in [6.45, 7) is 6.67. The fraction of sp³-hybridized carbons (Fsp3) is 0.857. The number of hydrogen-bond donors (Lipinski definition) is 0. The van der Waals surface area contributed by atoms with Gasteiger partial charge in [-0.2, -0.15) is 0 Å². The SMILES string of the molecule is C[SiH2]OC(O[SiH2]C)C(C)CC1=CCCCCCC1. The van der Waals surface area contributed by atoms with Gasteiger partial charge in [0.25, 0.3) is 0 Å². The van der Waals surface area contributed by atoms with Crippen LogP contribution in [0.25, 0.3) is 0 Å². The van der Waals surface area contributed by atoms with Crippen molar-refractivity contribution in [3.8, 4) is 0 Å². The van der Waals surface area contributed by atoms with Crippen LogP contribution >= 0.6 is 0 Å². The van der Waals surface area contributed by atoms with E-state index in [2.05, 4.69) is 26.1 Å². The molecule has 0 fully saturated rings. The first-order valence-electron chi connectivity index (χ1n) is 7.69. The van der Waals surface area contributed by atoms with E-state index < -0.39 is 0 Å². The van der Waals surface area contributed by atoms with Crippen molar-refractivity contribution in [3.05, 3.63) is 11.6 Å². The average Bonchev–Trinajstić information content (AvgIpc) is 2.32. The van der Waals surface area contributed by atoms with Crippen LogP contribution in [0, 0.1) is 5.92 Å². The van der Waals surface area contributed by atoms with E-state index in [4.69, 9.17) is 8.85 Å². The molecule has 1 aliphatic rings. The van der Waals surface area contributed by atoms with Crippen molar-refractivity contribution < 1.29 is 8.85 Å². The molecule has 0 aromatic carbocycles. The van der Waals surface area contributed by atoms with Crippen molar-refractivity contribution >= 4 is 19.5 Å². The van der Waals surface area contributed by atoms with Gasteiger partial charge in [-0.3, -0.25) is 0 Å². The maximum atomic E-state index is 5.87. The smallest absolute Gasteiger partial charge is 0.161 e. The van der Waals surface area contributed by atoms with Gasteiger partial charge in [-0.25, -0.2) is 0 Å². The van der Waals surface area contributed by atoms with E-state index in [1.165, 1.54) is 44.9 Å². The maximum Gasteiger partial charge on any atom is 0.161 e. The molecule has 0 spiro atoms. The summed E-state index contributed by atoms with van der Waals surface area (Å²) >= 11 is 0. The third kappa shape index (κ3) is 6.32. The highest BCUT2D eigenvalue weighted by Crippen LogP contribution is 2.25. The van der Waals surface area contributed by atoms with Crippen LogP contribution in [0.4, 0.5) is 0 Å². The summed E-state index contributed by atoms with van der Waals surface area (Å²) in [6.07, 6.45) is 11.9. The minimum absolute atomic E-state index is 0.0877. The van der Waals surface area contributed by atoms with E-state index in [-0.39, 0.29) is 25.8 Å². The van der Waals surface area contributed by atoms with E-state index >= 15 is 0 Å². The molecular formula is C14H30O2Si2. The minimum Gasteiger partial charge on any atom is -0.400 e. The fourth-order valence-corrected chi connectivity index (χ4v) is 4.36. The summed E-state index contributed by atoms with van der Waals surface area (Å²) in [4.78, 5) is 0. The molecule has 1 unspecified atom stereocenters. The molecule has 0 aliphatic heterocycles. The van der Waals surface area contributed by atoms with Gasteiger partial charge in [0, 0.05) is 5.92 Å². The van der Waals surface area contributed by atoms with Crippen LogP contribution in [-0.2, 0) is 8.85 Å². The number of rotatable bonds is 7. The highest BCUT2D eigenvalue weighted by Gasteiger charge is 2.18. The Balaban J connectivity index is 2.46. The summed E-state index contributed by atoms with van der Waals surface area (Å²) < 4.78 is 11.7. The second-order valence-electron chi connectivity index (χ2n) is 5.28. The first kappa shape index (κ1) is 16.1. The molecule has 1 rings (SSSR count). The van der Waals surface area contributed by atoms with Crippen LogP contribution in [0.5, 0.6) is 0 Å². The lowest BCUT2D eigenvalue weighted by atomic mass is 9.93. The second-order valence-corrected chi connectivity index (χ2v) is 7.10. The van der Waals surface area contributed by atoms with Gasteiger partial charge in [-0.05, 0) is 32.1 Å². The van der Waals surface area contributed by atoms with E-state index in [1.807, 2.05) is 0 Å². The monoisotopic (exact) mass is 286 g/mol. The van der Waals surface area contributed by atoms with Crippen LogP contribution in [0.1, 0.15) is 51.9 Å². The highest BCUT2D eigenvalue weighted by molar-refractivity contribution is 6.26. The quantitative estimate of drug-likeness (QED) is 0.407. The lowest BCUT2D eigenvalue weighted by molar-refractivity contribution is -0.0313. The van der Waals surface area contributed by atoms with E-state index in [1.54, 1.807) is 5.57 Å². The van der Waals surface area contributed by atoms with Gasteiger partial charge >= 0.3 is 0 Å². The molecule has 4 heteroatoms. The Bertz CT molecular complexity index is 238. The Labute approximate surface area is 117 Å². The molecule has 106 valence electrons. The molecule has 0 aromatic rings. The van der Waals surface area contributed by atoms with Gasteiger partial charge in [0.2, 0.25) is 0 Å². The van der Waals surface area contributed by atoms with Crippen molar-refractivity contribution in [2.45, 2.75) is 71.3 Å². The molecule has 0 N–H and O–H groups in total. The molecule has 18 heavy (non-hydrogen) atoms. The van der Waals surface area contributed by atoms with E-state index in [9.17, 15) is 0 Å². The average molecular weight is 287 g/mol. The molecule has 0 saturated heterocycles. The zero-order chi connectivity index (χ0) is 13.2. The summed E-state index contributed by atoms with van der Waals surface area (Å²) in [5, 5.41) is 0. The van der Waals surface area contributed by atoms with Crippen molar-refractivity contribution in [1.29, 1.82) is 0 Å². The van der Waals surface area contributed by atoms with Crippen molar-refractivity contribution in [3.63, 3.8) is 0 Å². The Morgan fingerprint density at radius 3 is 2.44 bits per heavy atom. The lowest BCUT2D eigenvalue weighted by Gasteiger charge is -2.26. The Kier molecular flexibility index (Phi) is 8.93. The van der Waals surface area contributed by atoms with Gasteiger partial charge in [0.05, 0.1) is 0 Å². The van der Waals surface area contributed by atoms with Gasteiger partial charge in [-0.15, -0.1) is 0 Å². The molecule has 1 atom stereocenters. The van der Waals surface area contributed by atoms with Gasteiger partial charge in [-0.1, -0.05) is 44.5 Å². The topological polar surface area (TPSA) is 18.5 Å². The summed E-state index contributed by atoms with van der Waals surface area (Å²) in [5.74, 6) is 0.524. The van der Waals surface area contributed by atoms with Crippen LogP contribution in [0.15, 0.2) is 11.6 Å². The third-order valence-corrected chi connectivity index (χ3v) is 4.92. The van der Waals surface area contributed by atoms with E-state index in [0.717, 1.165) is 0 Å². The molecule has 2 nitrogen and oxygen atoms in total. The molecule has 0 bridgehead atoms. The second kappa shape index (κ2) is 9.95. The zero-order valence-corrected chi connectivity index (χ0v) is 15.2. The molecule has 0 saturated carbocycles. The predicted molar refractivity (Wildman–Crippen MR) is 84.3 cm³/mol.